The molecule has 25 heavy (non-hydrogen) atoms. The van der Waals surface area contributed by atoms with E-state index >= 15 is 0 Å². The third-order valence-electron chi connectivity index (χ3n) is 4.82. The summed E-state index contributed by atoms with van der Waals surface area (Å²) in [6.45, 7) is 2.24. The van der Waals surface area contributed by atoms with Gasteiger partial charge in [-0.25, -0.2) is 4.98 Å². The standard InChI is InChI=1S/C20H17N3OS/c1-12-6-7-13-15(11-25-19(13)8-12)20(24)14(9-21)18-10-22-16-4-2-3-5-17(16)23-18/h2-5,10-12,14H,6-8H2,1H3. The Kier molecular flexibility index (Phi) is 4.06. The van der Waals surface area contributed by atoms with Gasteiger partial charge in [0.1, 0.15) is 0 Å². The summed E-state index contributed by atoms with van der Waals surface area (Å²) in [4.78, 5) is 23.2. The third kappa shape index (κ3) is 2.83. The molecule has 0 amide bonds. The maximum absolute atomic E-state index is 13.0. The van der Waals surface area contributed by atoms with E-state index in [1.807, 2.05) is 29.6 Å². The van der Waals surface area contributed by atoms with Gasteiger partial charge >= 0.3 is 0 Å². The number of benzene rings is 1. The number of Topliss-reactive ketones (excluding diaryl/α,β-unsaturated/α-hetero) is 1. The van der Waals surface area contributed by atoms with Crippen molar-refractivity contribution in [1.82, 2.24) is 9.97 Å². The third-order valence-corrected chi connectivity index (χ3v) is 5.87. The van der Waals surface area contributed by atoms with Crippen molar-refractivity contribution in [2.24, 2.45) is 5.92 Å². The minimum atomic E-state index is -0.907. The number of thiophene rings is 1. The lowest BCUT2D eigenvalue weighted by molar-refractivity contribution is 0.0977. The zero-order chi connectivity index (χ0) is 17.4. The number of ketones is 1. The van der Waals surface area contributed by atoms with Crippen molar-refractivity contribution >= 4 is 28.2 Å². The van der Waals surface area contributed by atoms with Gasteiger partial charge in [0.05, 0.1) is 29.0 Å². The van der Waals surface area contributed by atoms with Crippen molar-refractivity contribution in [2.75, 3.05) is 0 Å². The summed E-state index contributed by atoms with van der Waals surface area (Å²) in [7, 11) is 0. The molecule has 5 heteroatoms. The zero-order valence-electron chi connectivity index (χ0n) is 13.9. The second-order valence-electron chi connectivity index (χ2n) is 6.61. The second kappa shape index (κ2) is 6.38. The summed E-state index contributed by atoms with van der Waals surface area (Å²) in [5, 5.41) is 11.6. The second-order valence-corrected chi connectivity index (χ2v) is 7.57. The first-order chi connectivity index (χ1) is 12.2. The van der Waals surface area contributed by atoms with Crippen molar-refractivity contribution in [3.63, 3.8) is 0 Å². The Morgan fingerprint density at radius 2 is 2.16 bits per heavy atom. The van der Waals surface area contributed by atoms with Crippen LogP contribution >= 0.6 is 11.3 Å². The molecular weight excluding hydrogens is 330 g/mol. The summed E-state index contributed by atoms with van der Waals surface area (Å²) in [5.41, 5.74) is 3.73. The minimum absolute atomic E-state index is 0.154. The number of nitriles is 1. The van der Waals surface area contributed by atoms with Crippen molar-refractivity contribution < 1.29 is 4.79 Å². The molecule has 2 unspecified atom stereocenters. The van der Waals surface area contributed by atoms with Crippen molar-refractivity contribution in [2.45, 2.75) is 32.1 Å². The summed E-state index contributed by atoms with van der Waals surface area (Å²) >= 11 is 1.64. The van der Waals surface area contributed by atoms with E-state index in [1.54, 1.807) is 17.5 Å². The molecule has 2 aromatic heterocycles. The van der Waals surface area contributed by atoms with Crippen LogP contribution in [0, 0.1) is 17.2 Å². The van der Waals surface area contributed by atoms with E-state index in [0.717, 1.165) is 30.3 Å². The Morgan fingerprint density at radius 3 is 2.96 bits per heavy atom. The van der Waals surface area contributed by atoms with Crippen LogP contribution in [-0.4, -0.2) is 15.8 Å². The Bertz CT molecular complexity index is 1000. The molecule has 1 aliphatic rings. The monoisotopic (exact) mass is 347 g/mol. The number of para-hydroxylation sites is 2. The number of aromatic nitrogens is 2. The zero-order valence-corrected chi connectivity index (χ0v) is 14.7. The Morgan fingerprint density at radius 1 is 1.36 bits per heavy atom. The number of hydrogen-bond acceptors (Lipinski definition) is 5. The van der Waals surface area contributed by atoms with Crippen molar-refractivity contribution in [3.8, 4) is 6.07 Å². The predicted octanol–water partition coefficient (Wildman–Crippen LogP) is 4.31. The molecule has 4 rings (SSSR count). The lowest BCUT2D eigenvalue weighted by Gasteiger charge is -2.19. The number of carbonyl (C=O) groups is 1. The van der Waals surface area contributed by atoms with E-state index < -0.39 is 5.92 Å². The molecule has 124 valence electrons. The molecule has 1 aliphatic carbocycles. The number of rotatable bonds is 3. The van der Waals surface area contributed by atoms with Crippen molar-refractivity contribution in [1.29, 1.82) is 5.26 Å². The van der Waals surface area contributed by atoms with Crippen LogP contribution in [0.1, 0.15) is 45.8 Å². The summed E-state index contributed by atoms with van der Waals surface area (Å²) in [6, 6.07) is 9.62. The smallest absolute Gasteiger partial charge is 0.187 e. The van der Waals surface area contributed by atoms with Crippen LogP contribution in [-0.2, 0) is 12.8 Å². The van der Waals surface area contributed by atoms with E-state index in [0.29, 0.717) is 22.7 Å². The molecule has 3 aromatic rings. The molecule has 2 atom stereocenters. The highest BCUT2D eigenvalue weighted by atomic mass is 32.1. The van der Waals surface area contributed by atoms with Gasteiger partial charge in [-0.15, -0.1) is 11.3 Å². The normalized spacial score (nSPS) is 17.7. The molecule has 0 N–H and O–H groups in total. The Labute approximate surface area is 150 Å². The van der Waals surface area contributed by atoms with Crippen LogP contribution in [0.3, 0.4) is 0 Å². The fourth-order valence-electron chi connectivity index (χ4n) is 3.41. The lowest BCUT2D eigenvalue weighted by Crippen LogP contribution is -2.17. The maximum atomic E-state index is 13.0. The summed E-state index contributed by atoms with van der Waals surface area (Å²) in [6.07, 6.45) is 4.59. The highest BCUT2D eigenvalue weighted by Crippen LogP contribution is 2.35. The number of carbonyl (C=O) groups excluding carboxylic acids is 1. The number of nitrogens with zero attached hydrogens (tertiary/aromatic N) is 3. The Balaban J connectivity index is 1.71. The van der Waals surface area contributed by atoms with Crippen LogP contribution in [0.25, 0.3) is 11.0 Å². The van der Waals surface area contributed by atoms with Crippen LogP contribution in [0.2, 0.25) is 0 Å². The van der Waals surface area contributed by atoms with E-state index in [-0.39, 0.29) is 5.78 Å². The summed E-state index contributed by atoms with van der Waals surface area (Å²) in [5.74, 6) is -0.401. The fourth-order valence-corrected chi connectivity index (χ4v) is 4.66. The van der Waals surface area contributed by atoms with Gasteiger partial charge in [-0.1, -0.05) is 19.1 Å². The summed E-state index contributed by atoms with van der Waals surface area (Å²) < 4.78 is 0. The molecule has 0 spiro atoms. The molecule has 0 bridgehead atoms. The molecule has 0 saturated carbocycles. The minimum Gasteiger partial charge on any atom is -0.292 e. The lowest BCUT2D eigenvalue weighted by atomic mass is 9.85. The maximum Gasteiger partial charge on any atom is 0.187 e. The molecular formula is C20H17N3OS. The first-order valence-electron chi connectivity index (χ1n) is 8.42. The van der Waals surface area contributed by atoms with E-state index in [4.69, 9.17) is 0 Å². The van der Waals surface area contributed by atoms with Gasteiger partial charge in [0.2, 0.25) is 0 Å². The molecule has 2 heterocycles. The van der Waals surface area contributed by atoms with Gasteiger partial charge in [0.25, 0.3) is 0 Å². The van der Waals surface area contributed by atoms with Crippen molar-refractivity contribution in [3.05, 3.63) is 57.5 Å². The van der Waals surface area contributed by atoms with Gasteiger partial charge in [-0.05, 0) is 42.9 Å². The largest absolute Gasteiger partial charge is 0.292 e. The molecule has 0 fully saturated rings. The average Bonchev–Trinajstić information content (AvgIpc) is 3.05. The van der Waals surface area contributed by atoms with Gasteiger partial charge < -0.3 is 0 Å². The van der Waals surface area contributed by atoms with E-state index in [9.17, 15) is 10.1 Å². The molecule has 0 saturated heterocycles. The highest BCUT2D eigenvalue weighted by Gasteiger charge is 2.29. The number of hydrogen-bond donors (Lipinski definition) is 0. The van der Waals surface area contributed by atoms with Gasteiger partial charge in [-0.3, -0.25) is 9.78 Å². The van der Waals surface area contributed by atoms with Crippen LogP contribution < -0.4 is 0 Å². The SMILES string of the molecule is CC1CCc2c(C(=O)C(C#N)c3cnc4ccccc4n3)csc2C1. The topological polar surface area (TPSA) is 66.6 Å². The molecule has 0 radical (unpaired) electrons. The first kappa shape index (κ1) is 15.9. The quantitative estimate of drug-likeness (QED) is 0.662. The van der Waals surface area contributed by atoms with Crippen LogP contribution in [0.5, 0.6) is 0 Å². The van der Waals surface area contributed by atoms with E-state index in [2.05, 4.69) is 23.0 Å². The van der Waals surface area contributed by atoms with Crippen LogP contribution in [0.15, 0.2) is 35.8 Å². The van der Waals surface area contributed by atoms with Crippen LogP contribution in [0.4, 0.5) is 0 Å². The number of fused-ring (bicyclic) bond motifs is 2. The highest BCUT2D eigenvalue weighted by molar-refractivity contribution is 7.10. The first-order valence-corrected chi connectivity index (χ1v) is 9.30. The molecule has 4 nitrogen and oxygen atoms in total. The molecule has 0 aliphatic heterocycles. The fraction of sp³-hybridized carbons (Fsp3) is 0.300. The predicted molar refractivity (Wildman–Crippen MR) is 97.7 cm³/mol. The van der Waals surface area contributed by atoms with Gasteiger partial charge in [-0.2, -0.15) is 5.26 Å². The Hall–Kier alpha value is -2.58. The van der Waals surface area contributed by atoms with E-state index in [1.165, 1.54) is 4.88 Å². The van der Waals surface area contributed by atoms with Gasteiger partial charge in [0.15, 0.2) is 11.7 Å². The molecule has 1 aromatic carbocycles. The van der Waals surface area contributed by atoms with Gasteiger partial charge in [0, 0.05) is 15.8 Å². The average molecular weight is 347 g/mol.